The molecule has 1 N–H and O–H groups in total. The van der Waals surface area contributed by atoms with Gasteiger partial charge in [-0.15, -0.1) is 0 Å². The van der Waals surface area contributed by atoms with Crippen molar-refractivity contribution in [2.24, 2.45) is 5.92 Å². The summed E-state index contributed by atoms with van der Waals surface area (Å²) in [7, 11) is -3.27. The van der Waals surface area contributed by atoms with Crippen molar-refractivity contribution in [3.05, 3.63) is 48.3 Å². The summed E-state index contributed by atoms with van der Waals surface area (Å²) in [4.78, 5) is 12.6. The standard InChI is InChI=1S/C19H26N4O3S/c1-2-11-27(25,26)23-10-6-9-17(14-23)19(24)21-18-12-20-22(15-18)13-16-7-4-3-5-8-16/h3-5,7-8,12,15,17H,2,6,9-11,13-14H2,1H3,(H,21,24). The van der Waals surface area contributed by atoms with Gasteiger partial charge in [-0.1, -0.05) is 37.3 Å². The second-order valence-electron chi connectivity index (χ2n) is 6.91. The summed E-state index contributed by atoms with van der Waals surface area (Å²) in [6.07, 6.45) is 5.39. The molecule has 1 unspecified atom stereocenters. The molecule has 0 aliphatic carbocycles. The van der Waals surface area contributed by atoms with E-state index in [0.29, 0.717) is 38.0 Å². The van der Waals surface area contributed by atoms with Crippen molar-refractivity contribution in [1.82, 2.24) is 14.1 Å². The second kappa shape index (κ2) is 8.67. The van der Waals surface area contributed by atoms with E-state index >= 15 is 0 Å². The van der Waals surface area contributed by atoms with Gasteiger partial charge in [0.25, 0.3) is 0 Å². The number of hydrogen-bond acceptors (Lipinski definition) is 4. The number of rotatable bonds is 7. The molecule has 0 spiro atoms. The number of sulfonamides is 1. The zero-order chi connectivity index (χ0) is 19.3. The molecule has 0 saturated carbocycles. The molecule has 1 fully saturated rings. The molecular weight excluding hydrogens is 364 g/mol. The number of carbonyl (C=O) groups excluding carboxylic acids is 1. The molecule has 0 radical (unpaired) electrons. The van der Waals surface area contributed by atoms with Crippen molar-refractivity contribution < 1.29 is 13.2 Å². The Labute approximate surface area is 160 Å². The highest BCUT2D eigenvalue weighted by atomic mass is 32.2. The first-order valence-electron chi connectivity index (χ1n) is 9.33. The minimum atomic E-state index is -3.27. The third kappa shape index (κ3) is 5.17. The molecule has 1 aliphatic heterocycles. The van der Waals surface area contributed by atoms with Crippen LogP contribution in [0.4, 0.5) is 5.69 Å². The molecular formula is C19H26N4O3S. The van der Waals surface area contributed by atoms with Crippen LogP contribution < -0.4 is 5.32 Å². The molecule has 1 aromatic heterocycles. The van der Waals surface area contributed by atoms with Gasteiger partial charge >= 0.3 is 0 Å². The van der Waals surface area contributed by atoms with Crippen LogP contribution in [0.5, 0.6) is 0 Å². The van der Waals surface area contributed by atoms with Crippen LogP contribution >= 0.6 is 0 Å². The molecule has 7 nitrogen and oxygen atoms in total. The van der Waals surface area contributed by atoms with Gasteiger partial charge in [-0.3, -0.25) is 9.48 Å². The third-order valence-electron chi connectivity index (χ3n) is 4.70. The normalized spacial score (nSPS) is 18.3. The lowest BCUT2D eigenvalue weighted by Crippen LogP contribution is -2.44. The summed E-state index contributed by atoms with van der Waals surface area (Å²) < 4.78 is 27.8. The number of piperidine rings is 1. The predicted molar refractivity (Wildman–Crippen MR) is 105 cm³/mol. The van der Waals surface area contributed by atoms with E-state index < -0.39 is 10.0 Å². The van der Waals surface area contributed by atoms with E-state index in [1.807, 2.05) is 37.3 Å². The summed E-state index contributed by atoms with van der Waals surface area (Å²) in [5, 5.41) is 7.16. The number of amides is 1. The van der Waals surface area contributed by atoms with Gasteiger partial charge in [-0.25, -0.2) is 12.7 Å². The molecule has 8 heteroatoms. The molecule has 1 atom stereocenters. The van der Waals surface area contributed by atoms with Crippen LogP contribution in [-0.2, 0) is 21.4 Å². The number of anilines is 1. The molecule has 1 aromatic carbocycles. The highest BCUT2D eigenvalue weighted by Crippen LogP contribution is 2.21. The summed E-state index contributed by atoms with van der Waals surface area (Å²) in [5.74, 6) is -0.346. The van der Waals surface area contributed by atoms with E-state index in [1.165, 1.54) is 4.31 Å². The van der Waals surface area contributed by atoms with Crippen LogP contribution in [0.15, 0.2) is 42.7 Å². The van der Waals surface area contributed by atoms with Crippen LogP contribution in [-0.4, -0.2) is 47.3 Å². The molecule has 0 bridgehead atoms. The van der Waals surface area contributed by atoms with Crippen LogP contribution in [0.25, 0.3) is 0 Å². The van der Waals surface area contributed by atoms with Crippen LogP contribution in [0, 0.1) is 5.92 Å². The minimum Gasteiger partial charge on any atom is -0.323 e. The zero-order valence-electron chi connectivity index (χ0n) is 15.5. The molecule has 146 valence electrons. The Kier molecular flexibility index (Phi) is 6.28. The van der Waals surface area contributed by atoms with Gasteiger partial charge in [-0.2, -0.15) is 5.10 Å². The number of nitrogens with zero attached hydrogens (tertiary/aromatic N) is 3. The van der Waals surface area contributed by atoms with Crippen molar-refractivity contribution >= 4 is 21.6 Å². The highest BCUT2D eigenvalue weighted by molar-refractivity contribution is 7.89. The number of benzene rings is 1. The molecule has 27 heavy (non-hydrogen) atoms. The molecule has 2 aromatic rings. The topological polar surface area (TPSA) is 84.3 Å². The first kappa shape index (κ1) is 19.6. The number of hydrogen-bond donors (Lipinski definition) is 1. The third-order valence-corrected chi connectivity index (χ3v) is 6.74. The zero-order valence-corrected chi connectivity index (χ0v) is 16.4. The van der Waals surface area contributed by atoms with Gasteiger partial charge in [0, 0.05) is 19.3 Å². The Bertz CT molecular complexity index is 864. The van der Waals surface area contributed by atoms with E-state index in [1.54, 1.807) is 17.1 Å². The molecule has 1 aliphatic rings. The fraction of sp³-hybridized carbons (Fsp3) is 0.474. The molecule has 3 rings (SSSR count). The van der Waals surface area contributed by atoms with Crippen LogP contribution in [0.2, 0.25) is 0 Å². The number of nitrogens with one attached hydrogen (secondary N) is 1. The fourth-order valence-electron chi connectivity index (χ4n) is 3.33. The highest BCUT2D eigenvalue weighted by Gasteiger charge is 2.31. The van der Waals surface area contributed by atoms with Gasteiger partial charge in [0.05, 0.1) is 30.1 Å². The van der Waals surface area contributed by atoms with Gasteiger partial charge < -0.3 is 5.32 Å². The van der Waals surface area contributed by atoms with Crippen LogP contribution in [0.3, 0.4) is 0 Å². The predicted octanol–water partition coefficient (Wildman–Crippen LogP) is 2.32. The maximum Gasteiger partial charge on any atom is 0.228 e. The average molecular weight is 391 g/mol. The largest absolute Gasteiger partial charge is 0.323 e. The van der Waals surface area contributed by atoms with Gasteiger partial charge in [0.2, 0.25) is 15.9 Å². The average Bonchev–Trinajstić information content (AvgIpc) is 3.09. The molecule has 1 saturated heterocycles. The Morgan fingerprint density at radius 2 is 2.07 bits per heavy atom. The molecule has 2 heterocycles. The lowest BCUT2D eigenvalue weighted by Gasteiger charge is -2.31. The summed E-state index contributed by atoms with van der Waals surface area (Å²) in [6, 6.07) is 9.96. The fourth-order valence-corrected chi connectivity index (χ4v) is 4.91. The lowest BCUT2D eigenvalue weighted by atomic mass is 9.99. The van der Waals surface area contributed by atoms with E-state index in [-0.39, 0.29) is 24.1 Å². The van der Waals surface area contributed by atoms with Crippen LogP contribution in [0.1, 0.15) is 31.7 Å². The summed E-state index contributed by atoms with van der Waals surface area (Å²) >= 11 is 0. The van der Waals surface area contributed by atoms with E-state index in [2.05, 4.69) is 10.4 Å². The van der Waals surface area contributed by atoms with Gasteiger partial charge in [0.15, 0.2) is 0 Å². The Balaban J connectivity index is 1.59. The van der Waals surface area contributed by atoms with Crippen molar-refractivity contribution in [1.29, 1.82) is 0 Å². The summed E-state index contributed by atoms with van der Waals surface area (Å²) in [6.45, 7) is 3.23. The van der Waals surface area contributed by atoms with Crippen molar-refractivity contribution in [2.45, 2.75) is 32.7 Å². The smallest absolute Gasteiger partial charge is 0.228 e. The minimum absolute atomic E-state index is 0.133. The van der Waals surface area contributed by atoms with Gasteiger partial charge in [-0.05, 0) is 24.8 Å². The Morgan fingerprint density at radius 3 is 2.81 bits per heavy atom. The SMILES string of the molecule is CCCS(=O)(=O)N1CCCC(C(=O)Nc2cnn(Cc3ccccc3)c2)C1. The maximum atomic E-state index is 12.6. The first-order valence-corrected chi connectivity index (χ1v) is 10.9. The Hall–Kier alpha value is -2.19. The lowest BCUT2D eigenvalue weighted by molar-refractivity contribution is -0.120. The Morgan fingerprint density at radius 1 is 1.30 bits per heavy atom. The number of carbonyl (C=O) groups is 1. The quantitative estimate of drug-likeness (QED) is 0.786. The summed E-state index contributed by atoms with van der Waals surface area (Å²) in [5.41, 5.74) is 1.76. The van der Waals surface area contributed by atoms with E-state index in [0.717, 1.165) is 5.56 Å². The number of aromatic nitrogens is 2. The maximum absolute atomic E-state index is 12.6. The van der Waals surface area contributed by atoms with Crippen molar-refractivity contribution in [3.63, 3.8) is 0 Å². The van der Waals surface area contributed by atoms with Crippen molar-refractivity contribution in [2.75, 3.05) is 24.2 Å². The second-order valence-corrected chi connectivity index (χ2v) is 9.00. The van der Waals surface area contributed by atoms with E-state index in [9.17, 15) is 13.2 Å². The monoisotopic (exact) mass is 390 g/mol. The molecule has 1 amide bonds. The van der Waals surface area contributed by atoms with E-state index in [4.69, 9.17) is 0 Å². The first-order chi connectivity index (χ1) is 13.0. The van der Waals surface area contributed by atoms with Gasteiger partial charge in [0.1, 0.15) is 0 Å². The van der Waals surface area contributed by atoms with Crippen molar-refractivity contribution in [3.8, 4) is 0 Å².